The largest absolute Gasteiger partial charge is 0.295 e. The van der Waals surface area contributed by atoms with E-state index in [9.17, 15) is 0 Å². The Bertz CT molecular complexity index is 1870. The molecule has 0 bridgehead atoms. The van der Waals surface area contributed by atoms with Crippen LogP contribution in [0.4, 0.5) is 0 Å². The molecule has 0 aliphatic rings. The maximum atomic E-state index is 5.10. The van der Waals surface area contributed by atoms with Gasteiger partial charge in [0.1, 0.15) is 0 Å². The molecule has 168 valence electrons. The van der Waals surface area contributed by atoms with Gasteiger partial charge < -0.3 is 0 Å². The molecule has 4 heteroatoms. The summed E-state index contributed by atoms with van der Waals surface area (Å²) in [5, 5.41) is 6.77. The summed E-state index contributed by atoms with van der Waals surface area (Å²) in [4.78, 5) is 14.7. The third kappa shape index (κ3) is 3.69. The van der Waals surface area contributed by atoms with Gasteiger partial charge in [0, 0.05) is 43.4 Å². The molecule has 0 radical (unpaired) electrons. The quantitative estimate of drug-likeness (QED) is 0.146. The van der Waals surface area contributed by atoms with Crippen LogP contribution in [-0.2, 0) is 21.1 Å². The monoisotopic (exact) mass is 627 g/mol. The van der Waals surface area contributed by atoms with Gasteiger partial charge in [-0.2, -0.15) is 0 Å². The van der Waals surface area contributed by atoms with Crippen LogP contribution in [0.25, 0.3) is 66.0 Å². The molecular weight excluding hydrogens is 609 g/mol. The molecule has 0 spiro atoms. The minimum absolute atomic E-state index is 0. The van der Waals surface area contributed by atoms with Crippen LogP contribution in [0.5, 0.6) is 0 Å². The fourth-order valence-electron chi connectivity index (χ4n) is 4.68. The topological polar surface area (TPSA) is 38.7 Å². The van der Waals surface area contributed by atoms with Crippen molar-refractivity contribution >= 4 is 43.4 Å². The molecule has 7 rings (SSSR count). The van der Waals surface area contributed by atoms with Crippen LogP contribution in [0.15, 0.2) is 109 Å². The third-order valence-electron chi connectivity index (χ3n) is 6.38. The molecule has 0 N–H and O–H groups in total. The van der Waals surface area contributed by atoms with Gasteiger partial charge in [-0.3, -0.25) is 9.97 Å². The number of pyridine rings is 3. The molecular formula is C31H18N3Pt-. The summed E-state index contributed by atoms with van der Waals surface area (Å²) in [7, 11) is 0. The van der Waals surface area contributed by atoms with Crippen molar-refractivity contribution in [3.63, 3.8) is 0 Å². The summed E-state index contributed by atoms with van der Waals surface area (Å²) in [5.41, 5.74) is 5.46. The SMILES string of the molecule is [Pt].[c-]1cc2ccccc2cc1-c1cccc(-c2ccc3ccc4ccc5cccnc5c4c3n2)n1. The predicted octanol–water partition coefficient (Wildman–Crippen LogP) is 7.62. The zero-order valence-corrected chi connectivity index (χ0v) is 20.8. The van der Waals surface area contributed by atoms with E-state index in [0.717, 1.165) is 55.2 Å². The summed E-state index contributed by atoms with van der Waals surface area (Å²) in [5.74, 6) is 0. The van der Waals surface area contributed by atoms with E-state index in [4.69, 9.17) is 9.97 Å². The summed E-state index contributed by atoms with van der Waals surface area (Å²) < 4.78 is 0. The summed E-state index contributed by atoms with van der Waals surface area (Å²) in [6.45, 7) is 0. The number of rotatable bonds is 2. The smallest absolute Gasteiger partial charge is 0.0884 e. The summed E-state index contributed by atoms with van der Waals surface area (Å²) in [6.07, 6.45) is 1.84. The Morgan fingerprint density at radius 2 is 1.20 bits per heavy atom. The maximum absolute atomic E-state index is 5.10. The van der Waals surface area contributed by atoms with E-state index < -0.39 is 0 Å². The van der Waals surface area contributed by atoms with Crippen LogP contribution >= 0.6 is 0 Å². The Kier molecular flexibility index (Phi) is 5.36. The molecule has 3 heterocycles. The van der Waals surface area contributed by atoms with Crippen molar-refractivity contribution in [1.29, 1.82) is 0 Å². The summed E-state index contributed by atoms with van der Waals surface area (Å²) >= 11 is 0. The number of hydrogen-bond acceptors (Lipinski definition) is 3. The molecule has 0 amide bonds. The Morgan fingerprint density at radius 3 is 2.09 bits per heavy atom. The first kappa shape index (κ1) is 21.6. The number of fused-ring (bicyclic) bond motifs is 6. The van der Waals surface area contributed by atoms with Gasteiger partial charge in [0.25, 0.3) is 0 Å². The molecule has 35 heavy (non-hydrogen) atoms. The van der Waals surface area contributed by atoms with Gasteiger partial charge in [0.2, 0.25) is 0 Å². The molecule has 0 aliphatic heterocycles. The standard InChI is InChI=1S/C31H18N3.Pt/c1-2-6-24-19-25(15-10-20(24)5-1)26-8-3-9-27(33-26)28-17-16-23-14-12-21-11-13-22-7-4-18-32-30(22)29(21)31(23)34-28;/h1-14,16-19H;/q-1;. The Balaban J connectivity index is 0.00000229. The Hall–Kier alpha value is -3.94. The zero-order chi connectivity index (χ0) is 22.5. The molecule has 0 unspecified atom stereocenters. The fraction of sp³-hybridized carbons (Fsp3) is 0. The molecule has 3 nitrogen and oxygen atoms in total. The average Bonchev–Trinajstić information content (AvgIpc) is 2.92. The molecule has 0 fully saturated rings. The van der Waals surface area contributed by atoms with Gasteiger partial charge in [-0.25, -0.2) is 4.98 Å². The first-order chi connectivity index (χ1) is 16.8. The van der Waals surface area contributed by atoms with Gasteiger partial charge in [0.15, 0.2) is 0 Å². The van der Waals surface area contributed by atoms with Crippen LogP contribution in [-0.4, -0.2) is 15.0 Å². The second kappa shape index (κ2) is 8.69. The van der Waals surface area contributed by atoms with Gasteiger partial charge in [-0.1, -0.05) is 78.2 Å². The number of nitrogens with zero attached hydrogens (tertiary/aromatic N) is 3. The minimum atomic E-state index is 0. The van der Waals surface area contributed by atoms with Crippen molar-refractivity contribution in [2.45, 2.75) is 0 Å². The number of hydrogen-bond donors (Lipinski definition) is 0. The third-order valence-corrected chi connectivity index (χ3v) is 6.38. The number of aromatic nitrogens is 3. The van der Waals surface area contributed by atoms with E-state index in [1.54, 1.807) is 0 Å². The zero-order valence-electron chi connectivity index (χ0n) is 18.6. The fourth-order valence-corrected chi connectivity index (χ4v) is 4.68. The maximum Gasteiger partial charge on any atom is 0.0884 e. The van der Waals surface area contributed by atoms with Crippen molar-refractivity contribution in [2.24, 2.45) is 0 Å². The first-order valence-electron chi connectivity index (χ1n) is 11.3. The van der Waals surface area contributed by atoms with Crippen molar-refractivity contribution in [3.8, 4) is 22.6 Å². The van der Waals surface area contributed by atoms with E-state index in [-0.39, 0.29) is 21.1 Å². The molecule has 7 aromatic rings. The van der Waals surface area contributed by atoms with Crippen molar-refractivity contribution < 1.29 is 21.1 Å². The van der Waals surface area contributed by atoms with E-state index in [1.165, 1.54) is 10.8 Å². The van der Waals surface area contributed by atoms with Crippen LogP contribution in [0.2, 0.25) is 0 Å². The normalized spacial score (nSPS) is 11.2. The van der Waals surface area contributed by atoms with Gasteiger partial charge in [-0.05, 0) is 29.3 Å². The van der Waals surface area contributed by atoms with Crippen LogP contribution in [0.1, 0.15) is 0 Å². The van der Waals surface area contributed by atoms with Crippen molar-refractivity contribution in [1.82, 2.24) is 15.0 Å². The van der Waals surface area contributed by atoms with E-state index in [0.29, 0.717) is 0 Å². The van der Waals surface area contributed by atoms with E-state index >= 15 is 0 Å². The molecule has 0 atom stereocenters. The number of benzene rings is 4. The van der Waals surface area contributed by atoms with Gasteiger partial charge in [-0.15, -0.1) is 29.1 Å². The summed E-state index contributed by atoms with van der Waals surface area (Å²) in [6, 6.07) is 38.7. The van der Waals surface area contributed by atoms with E-state index in [2.05, 4.69) is 71.7 Å². The second-order valence-corrected chi connectivity index (χ2v) is 8.46. The van der Waals surface area contributed by atoms with Crippen molar-refractivity contribution in [3.05, 3.63) is 115 Å². The van der Waals surface area contributed by atoms with E-state index in [1.807, 2.05) is 48.7 Å². The van der Waals surface area contributed by atoms with Gasteiger partial charge in [0.05, 0.1) is 22.4 Å². The molecule has 0 aliphatic carbocycles. The molecule has 3 aromatic heterocycles. The Labute approximate surface area is 216 Å². The molecule has 0 saturated heterocycles. The average molecular weight is 628 g/mol. The first-order valence-corrected chi connectivity index (χ1v) is 11.3. The van der Waals surface area contributed by atoms with Crippen LogP contribution in [0.3, 0.4) is 0 Å². The molecule has 0 saturated carbocycles. The van der Waals surface area contributed by atoms with Crippen LogP contribution in [0, 0.1) is 6.07 Å². The molecule has 4 aromatic carbocycles. The Morgan fingerprint density at radius 1 is 0.514 bits per heavy atom. The van der Waals surface area contributed by atoms with Crippen molar-refractivity contribution in [2.75, 3.05) is 0 Å². The van der Waals surface area contributed by atoms with Gasteiger partial charge >= 0.3 is 0 Å². The second-order valence-electron chi connectivity index (χ2n) is 8.46. The minimum Gasteiger partial charge on any atom is -0.295 e. The van der Waals surface area contributed by atoms with Crippen LogP contribution < -0.4 is 0 Å². The predicted molar refractivity (Wildman–Crippen MR) is 140 cm³/mol.